The molecule has 5 nitrogen and oxygen atoms in total. The van der Waals surface area contributed by atoms with Crippen molar-refractivity contribution in [2.24, 2.45) is 0 Å². The van der Waals surface area contributed by atoms with Crippen molar-refractivity contribution >= 4 is 23.3 Å². The summed E-state index contributed by atoms with van der Waals surface area (Å²) in [6, 6.07) is 6.80. The zero-order chi connectivity index (χ0) is 14.3. The molecule has 0 aromatic heterocycles. The van der Waals surface area contributed by atoms with Crippen molar-refractivity contribution in [1.82, 2.24) is 0 Å². The molecule has 102 valence electrons. The van der Waals surface area contributed by atoms with Crippen LogP contribution < -0.4 is 5.32 Å². The Balaban J connectivity index is 2.55. The number of nitrogens with one attached hydrogen (secondary N) is 1. The van der Waals surface area contributed by atoms with E-state index >= 15 is 0 Å². The number of aliphatic hydroxyl groups excluding tert-OH is 1. The van der Waals surface area contributed by atoms with E-state index < -0.39 is 12.1 Å². The smallest absolute Gasteiger partial charge is 0.308 e. The highest BCUT2D eigenvalue weighted by molar-refractivity contribution is 6.30. The normalized spacial score (nSPS) is 11.5. The number of aliphatic hydroxyl groups is 1. The molecule has 0 bridgehead atoms. The van der Waals surface area contributed by atoms with Gasteiger partial charge in [0.25, 0.3) is 0 Å². The van der Waals surface area contributed by atoms with Gasteiger partial charge in [0, 0.05) is 11.6 Å². The van der Waals surface area contributed by atoms with Crippen molar-refractivity contribution in [3.05, 3.63) is 28.8 Å². The van der Waals surface area contributed by atoms with Crippen LogP contribution in [0.3, 0.4) is 0 Å². The number of hydrogen-bond acceptors (Lipinski definition) is 5. The van der Waals surface area contributed by atoms with Crippen LogP contribution in [0.25, 0.3) is 0 Å². The third-order valence-corrected chi connectivity index (χ3v) is 2.57. The SMILES string of the molecule is CCOC(=O)CC(O)CNc1cc(Cl)ccc1C#N. The molecule has 1 unspecified atom stereocenters. The van der Waals surface area contributed by atoms with E-state index in [9.17, 15) is 9.90 Å². The molecule has 1 aromatic carbocycles. The van der Waals surface area contributed by atoms with Gasteiger partial charge in [-0.25, -0.2) is 0 Å². The van der Waals surface area contributed by atoms with E-state index in [0.29, 0.717) is 16.3 Å². The minimum Gasteiger partial charge on any atom is -0.466 e. The van der Waals surface area contributed by atoms with Gasteiger partial charge in [0.15, 0.2) is 0 Å². The maximum atomic E-state index is 11.2. The lowest BCUT2D eigenvalue weighted by molar-refractivity contribution is -0.145. The van der Waals surface area contributed by atoms with Crippen LogP contribution in [-0.2, 0) is 9.53 Å². The van der Waals surface area contributed by atoms with Crippen LogP contribution in [0.4, 0.5) is 5.69 Å². The van der Waals surface area contributed by atoms with Gasteiger partial charge in [0.2, 0.25) is 0 Å². The number of carbonyl (C=O) groups is 1. The summed E-state index contributed by atoms with van der Waals surface area (Å²) in [5, 5.41) is 22.0. The number of hydrogen-bond donors (Lipinski definition) is 2. The standard InChI is InChI=1S/C13H15ClN2O3/c1-2-19-13(18)6-11(17)8-16-12-5-10(14)4-3-9(12)7-15/h3-5,11,16-17H,2,6,8H2,1H3. The lowest BCUT2D eigenvalue weighted by Crippen LogP contribution is -2.24. The van der Waals surface area contributed by atoms with E-state index in [1.54, 1.807) is 25.1 Å². The quantitative estimate of drug-likeness (QED) is 0.779. The second-order valence-corrected chi connectivity index (χ2v) is 4.28. The Labute approximate surface area is 116 Å². The summed E-state index contributed by atoms with van der Waals surface area (Å²) in [5.74, 6) is -0.455. The predicted octanol–water partition coefficient (Wildman–Crippen LogP) is 1.94. The lowest BCUT2D eigenvalue weighted by Gasteiger charge is -2.13. The highest BCUT2D eigenvalue weighted by atomic mass is 35.5. The minimum absolute atomic E-state index is 0.0940. The molecular weight excluding hydrogens is 268 g/mol. The second kappa shape index (κ2) is 7.62. The van der Waals surface area contributed by atoms with Gasteiger partial charge in [0.1, 0.15) is 6.07 Å². The first-order valence-corrected chi connectivity index (χ1v) is 6.21. The molecule has 0 saturated carbocycles. The molecule has 0 amide bonds. The van der Waals surface area contributed by atoms with Gasteiger partial charge in [0.05, 0.1) is 30.4 Å². The van der Waals surface area contributed by atoms with Crippen molar-refractivity contribution in [2.45, 2.75) is 19.4 Å². The fourth-order valence-corrected chi connectivity index (χ4v) is 1.64. The minimum atomic E-state index is -0.885. The number of halogens is 1. The van der Waals surface area contributed by atoms with Crippen molar-refractivity contribution in [3.63, 3.8) is 0 Å². The Kier molecular flexibility index (Phi) is 6.13. The number of esters is 1. The third kappa shape index (κ3) is 5.16. The van der Waals surface area contributed by atoms with Gasteiger partial charge in [-0.3, -0.25) is 4.79 Å². The van der Waals surface area contributed by atoms with Crippen LogP contribution in [0.15, 0.2) is 18.2 Å². The maximum Gasteiger partial charge on any atom is 0.308 e. The first-order valence-electron chi connectivity index (χ1n) is 5.84. The molecule has 19 heavy (non-hydrogen) atoms. The Bertz CT molecular complexity index is 485. The van der Waals surface area contributed by atoms with Gasteiger partial charge in [-0.15, -0.1) is 0 Å². The summed E-state index contributed by atoms with van der Waals surface area (Å²) in [6.45, 7) is 2.12. The molecule has 0 heterocycles. The van der Waals surface area contributed by atoms with E-state index in [-0.39, 0.29) is 19.6 Å². The van der Waals surface area contributed by atoms with Crippen LogP contribution in [0.5, 0.6) is 0 Å². The van der Waals surface area contributed by atoms with Crippen LogP contribution in [-0.4, -0.2) is 30.3 Å². The van der Waals surface area contributed by atoms with E-state index in [1.807, 2.05) is 6.07 Å². The van der Waals surface area contributed by atoms with Crippen LogP contribution in [0, 0.1) is 11.3 Å². The average Bonchev–Trinajstić information content (AvgIpc) is 2.36. The first-order chi connectivity index (χ1) is 9.06. The molecule has 0 aliphatic rings. The zero-order valence-electron chi connectivity index (χ0n) is 10.5. The summed E-state index contributed by atoms with van der Waals surface area (Å²) in [4.78, 5) is 11.2. The van der Waals surface area contributed by atoms with Gasteiger partial charge >= 0.3 is 5.97 Å². The van der Waals surface area contributed by atoms with Gasteiger partial charge < -0.3 is 15.2 Å². The number of nitriles is 1. The molecular formula is C13H15ClN2O3. The molecule has 0 radical (unpaired) electrons. The van der Waals surface area contributed by atoms with Crippen LogP contribution in [0.2, 0.25) is 5.02 Å². The van der Waals surface area contributed by atoms with E-state index in [0.717, 1.165) is 0 Å². The first kappa shape index (κ1) is 15.3. The molecule has 0 aliphatic heterocycles. The summed E-state index contributed by atoms with van der Waals surface area (Å²) in [5.41, 5.74) is 0.950. The van der Waals surface area contributed by atoms with Crippen molar-refractivity contribution in [2.75, 3.05) is 18.5 Å². The molecule has 6 heteroatoms. The molecule has 0 spiro atoms. The number of benzene rings is 1. The highest BCUT2D eigenvalue weighted by Crippen LogP contribution is 2.20. The second-order valence-electron chi connectivity index (χ2n) is 3.85. The number of rotatable bonds is 6. The molecule has 1 atom stereocenters. The Hall–Kier alpha value is -1.77. The zero-order valence-corrected chi connectivity index (χ0v) is 11.3. The summed E-state index contributed by atoms with van der Waals surface area (Å²) in [6.07, 6.45) is -0.979. The number of nitrogens with zero attached hydrogens (tertiary/aromatic N) is 1. The number of ether oxygens (including phenoxy) is 1. The molecule has 0 saturated heterocycles. The van der Waals surface area contributed by atoms with E-state index in [1.165, 1.54) is 0 Å². The van der Waals surface area contributed by atoms with Gasteiger partial charge in [-0.1, -0.05) is 11.6 Å². The third-order valence-electron chi connectivity index (χ3n) is 2.34. The number of carbonyl (C=O) groups excluding carboxylic acids is 1. The average molecular weight is 283 g/mol. The van der Waals surface area contributed by atoms with Crippen LogP contribution in [0.1, 0.15) is 18.9 Å². The maximum absolute atomic E-state index is 11.2. The molecule has 2 N–H and O–H groups in total. The van der Waals surface area contributed by atoms with Crippen molar-refractivity contribution in [3.8, 4) is 6.07 Å². The molecule has 0 aliphatic carbocycles. The highest BCUT2D eigenvalue weighted by Gasteiger charge is 2.12. The molecule has 0 fully saturated rings. The summed E-state index contributed by atoms with van der Waals surface area (Å²) >= 11 is 5.83. The fourth-order valence-electron chi connectivity index (χ4n) is 1.47. The van der Waals surface area contributed by atoms with Gasteiger partial charge in [-0.05, 0) is 25.1 Å². The van der Waals surface area contributed by atoms with Crippen LogP contribution >= 0.6 is 11.6 Å². The predicted molar refractivity (Wildman–Crippen MR) is 71.9 cm³/mol. The number of anilines is 1. The Morgan fingerprint density at radius 3 is 3.00 bits per heavy atom. The molecule has 1 rings (SSSR count). The summed E-state index contributed by atoms with van der Waals surface area (Å²) < 4.78 is 4.73. The van der Waals surface area contributed by atoms with E-state index in [2.05, 4.69) is 5.32 Å². The Morgan fingerprint density at radius 2 is 2.37 bits per heavy atom. The van der Waals surface area contributed by atoms with E-state index in [4.69, 9.17) is 21.6 Å². The van der Waals surface area contributed by atoms with Crippen molar-refractivity contribution in [1.29, 1.82) is 5.26 Å². The lowest BCUT2D eigenvalue weighted by atomic mass is 10.2. The monoisotopic (exact) mass is 282 g/mol. The van der Waals surface area contributed by atoms with Crippen molar-refractivity contribution < 1.29 is 14.6 Å². The fraction of sp³-hybridized carbons (Fsp3) is 0.385. The summed E-state index contributed by atoms with van der Waals surface area (Å²) in [7, 11) is 0. The molecule has 1 aromatic rings. The Morgan fingerprint density at radius 1 is 1.63 bits per heavy atom. The topological polar surface area (TPSA) is 82.3 Å². The van der Waals surface area contributed by atoms with Gasteiger partial charge in [-0.2, -0.15) is 5.26 Å². The largest absolute Gasteiger partial charge is 0.466 e.